The highest BCUT2D eigenvalue weighted by Crippen LogP contribution is 2.32. The number of rotatable bonds is 7. The number of benzene rings is 3. The Hall–Kier alpha value is -2.71. The molecule has 178 valence electrons. The number of sulfonamides is 1. The van der Waals surface area contributed by atoms with E-state index in [-0.39, 0.29) is 34.5 Å². The van der Waals surface area contributed by atoms with Crippen LogP contribution in [-0.2, 0) is 20.2 Å². The molecule has 1 amide bonds. The van der Waals surface area contributed by atoms with Crippen molar-refractivity contribution >= 4 is 27.5 Å². The first kappa shape index (κ1) is 24.4. The smallest absolute Gasteiger partial charge is 0.251 e. The Bertz CT molecular complexity index is 1200. The van der Waals surface area contributed by atoms with Crippen molar-refractivity contribution in [1.29, 1.82) is 0 Å². The van der Waals surface area contributed by atoms with Crippen LogP contribution in [0.4, 0.5) is 0 Å². The number of nitrogens with zero attached hydrogens (tertiary/aromatic N) is 1. The van der Waals surface area contributed by atoms with Gasteiger partial charge < -0.3 is 10.1 Å². The molecule has 0 radical (unpaired) electrons. The molecule has 6 nitrogen and oxygen atoms in total. The first-order chi connectivity index (χ1) is 16.3. The summed E-state index contributed by atoms with van der Waals surface area (Å²) in [6.45, 7) is 3.56. The quantitative estimate of drug-likeness (QED) is 0.532. The molecule has 4 rings (SSSR count). The second kappa shape index (κ2) is 10.3. The fourth-order valence-corrected chi connectivity index (χ4v) is 6.02. The summed E-state index contributed by atoms with van der Waals surface area (Å²) in [5, 5.41) is 3.09. The Morgan fingerprint density at radius 2 is 1.53 bits per heavy atom. The number of amides is 1. The van der Waals surface area contributed by atoms with Crippen LogP contribution in [0.1, 0.15) is 28.4 Å². The molecule has 1 aliphatic rings. The molecule has 0 atom stereocenters. The van der Waals surface area contributed by atoms with Crippen molar-refractivity contribution in [2.75, 3.05) is 32.8 Å². The number of morpholine rings is 1. The molecule has 1 saturated heterocycles. The number of halogens is 1. The zero-order chi connectivity index (χ0) is 24.2. The largest absolute Gasteiger partial charge is 0.379 e. The monoisotopic (exact) mass is 498 g/mol. The molecule has 34 heavy (non-hydrogen) atoms. The van der Waals surface area contributed by atoms with Crippen molar-refractivity contribution in [3.63, 3.8) is 0 Å². The van der Waals surface area contributed by atoms with E-state index in [0.29, 0.717) is 19.8 Å². The molecular weight excluding hydrogens is 472 g/mol. The Morgan fingerprint density at radius 3 is 2.09 bits per heavy atom. The molecule has 0 bridgehead atoms. The first-order valence-electron chi connectivity index (χ1n) is 11.1. The van der Waals surface area contributed by atoms with E-state index in [1.165, 1.54) is 16.4 Å². The maximum atomic E-state index is 13.1. The van der Waals surface area contributed by atoms with Crippen LogP contribution in [0.3, 0.4) is 0 Å². The second-order valence-corrected chi connectivity index (χ2v) is 10.7. The van der Waals surface area contributed by atoms with E-state index in [0.717, 1.165) is 11.1 Å². The minimum absolute atomic E-state index is 0.0717. The van der Waals surface area contributed by atoms with E-state index in [1.54, 1.807) is 6.07 Å². The highest BCUT2D eigenvalue weighted by molar-refractivity contribution is 7.89. The summed E-state index contributed by atoms with van der Waals surface area (Å²) in [7, 11) is -3.84. The van der Waals surface area contributed by atoms with E-state index in [1.807, 2.05) is 60.7 Å². The van der Waals surface area contributed by atoms with Gasteiger partial charge in [-0.1, -0.05) is 72.3 Å². The molecule has 0 aliphatic carbocycles. The van der Waals surface area contributed by atoms with Gasteiger partial charge in [-0.05, 0) is 36.2 Å². The van der Waals surface area contributed by atoms with Gasteiger partial charge in [0.05, 0.1) is 18.2 Å². The summed E-state index contributed by atoms with van der Waals surface area (Å²) in [5.41, 5.74) is 1.88. The molecule has 8 heteroatoms. The van der Waals surface area contributed by atoms with Gasteiger partial charge in [0.25, 0.3) is 5.91 Å². The zero-order valence-electron chi connectivity index (χ0n) is 18.9. The van der Waals surface area contributed by atoms with Crippen LogP contribution in [0.5, 0.6) is 0 Å². The maximum Gasteiger partial charge on any atom is 0.251 e. The van der Waals surface area contributed by atoms with Gasteiger partial charge in [0.2, 0.25) is 10.0 Å². The number of hydrogen-bond donors (Lipinski definition) is 1. The number of hydrogen-bond acceptors (Lipinski definition) is 4. The van der Waals surface area contributed by atoms with Crippen LogP contribution in [0.2, 0.25) is 5.02 Å². The maximum absolute atomic E-state index is 13.1. The highest BCUT2D eigenvalue weighted by Gasteiger charge is 2.31. The minimum atomic E-state index is -3.84. The Labute approximate surface area is 205 Å². The van der Waals surface area contributed by atoms with Crippen LogP contribution in [0.25, 0.3) is 0 Å². The SMILES string of the molecule is CC(CNC(=O)c1ccc(Cl)c(S(=O)(=O)N2CCOCC2)c1)(c1ccccc1)c1ccccc1. The fourth-order valence-electron chi connectivity index (χ4n) is 4.11. The van der Waals surface area contributed by atoms with Gasteiger partial charge in [-0.25, -0.2) is 8.42 Å². The summed E-state index contributed by atoms with van der Waals surface area (Å²) < 4.78 is 32.8. The molecule has 0 spiro atoms. The molecule has 1 N–H and O–H groups in total. The number of nitrogens with one attached hydrogen (secondary N) is 1. The minimum Gasteiger partial charge on any atom is -0.379 e. The van der Waals surface area contributed by atoms with Gasteiger partial charge in [0.1, 0.15) is 4.90 Å². The summed E-state index contributed by atoms with van der Waals surface area (Å²) in [6, 6.07) is 24.3. The van der Waals surface area contributed by atoms with Crippen LogP contribution in [0, 0.1) is 0 Å². The van der Waals surface area contributed by atoms with Gasteiger partial charge in [-0.2, -0.15) is 4.31 Å². The van der Waals surface area contributed by atoms with E-state index in [4.69, 9.17) is 16.3 Å². The summed E-state index contributed by atoms with van der Waals surface area (Å²) >= 11 is 6.25. The molecule has 1 fully saturated rings. The zero-order valence-corrected chi connectivity index (χ0v) is 20.5. The van der Waals surface area contributed by atoms with Gasteiger partial charge >= 0.3 is 0 Å². The lowest BCUT2D eigenvalue weighted by Crippen LogP contribution is -2.41. The fraction of sp³-hybridized carbons (Fsp3) is 0.269. The number of carbonyl (C=O) groups excluding carboxylic acids is 1. The number of carbonyl (C=O) groups is 1. The molecular formula is C26H27ClN2O4S. The van der Waals surface area contributed by atoms with Crippen LogP contribution in [0.15, 0.2) is 83.8 Å². The first-order valence-corrected chi connectivity index (χ1v) is 12.9. The molecule has 3 aromatic rings. The lowest BCUT2D eigenvalue weighted by molar-refractivity contribution is 0.0730. The van der Waals surface area contributed by atoms with Crippen LogP contribution in [-0.4, -0.2) is 51.5 Å². The molecule has 0 unspecified atom stereocenters. The van der Waals surface area contributed by atoms with Crippen molar-refractivity contribution in [3.05, 3.63) is 101 Å². The van der Waals surface area contributed by atoms with Crippen molar-refractivity contribution < 1.29 is 17.9 Å². The molecule has 1 aliphatic heterocycles. The van der Waals surface area contributed by atoms with Crippen molar-refractivity contribution in [2.24, 2.45) is 0 Å². The van der Waals surface area contributed by atoms with E-state index >= 15 is 0 Å². The van der Waals surface area contributed by atoms with Crippen LogP contribution < -0.4 is 5.32 Å². The molecule has 3 aromatic carbocycles. The van der Waals surface area contributed by atoms with Crippen LogP contribution >= 0.6 is 11.6 Å². The third kappa shape index (κ3) is 5.03. The third-order valence-corrected chi connectivity index (χ3v) is 8.59. The number of ether oxygens (including phenoxy) is 1. The van der Waals surface area contributed by atoms with E-state index in [2.05, 4.69) is 12.2 Å². The third-order valence-electron chi connectivity index (χ3n) is 6.21. The Balaban J connectivity index is 1.59. The van der Waals surface area contributed by atoms with Gasteiger partial charge in [0, 0.05) is 30.6 Å². The van der Waals surface area contributed by atoms with Gasteiger partial charge in [-0.15, -0.1) is 0 Å². The van der Waals surface area contributed by atoms with Crippen molar-refractivity contribution in [2.45, 2.75) is 17.2 Å². The normalized spacial score (nSPS) is 15.1. The molecule has 0 aromatic heterocycles. The predicted octanol–water partition coefficient (Wildman–Crippen LogP) is 4.10. The van der Waals surface area contributed by atoms with E-state index in [9.17, 15) is 13.2 Å². The Kier molecular flexibility index (Phi) is 7.38. The summed E-state index contributed by atoms with van der Waals surface area (Å²) in [6.07, 6.45) is 0. The second-order valence-electron chi connectivity index (χ2n) is 8.41. The lowest BCUT2D eigenvalue weighted by Gasteiger charge is -2.31. The molecule has 0 saturated carbocycles. The topological polar surface area (TPSA) is 75.7 Å². The average Bonchev–Trinajstić information content (AvgIpc) is 2.88. The van der Waals surface area contributed by atoms with Gasteiger partial charge in [-0.3, -0.25) is 4.79 Å². The van der Waals surface area contributed by atoms with Gasteiger partial charge in [0.15, 0.2) is 0 Å². The standard InChI is InChI=1S/C26H27ClN2O4S/c1-26(21-8-4-2-5-9-21,22-10-6-3-7-11-22)19-28-25(30)20-12-13-23(27)24(18-20)34(31,32)29-14-16-33-17-15-29/h2-13,18H,14-17,19H2,1H3,(H,28,30). The summed E-state index contributed by atoms with van der Waals surface area (Å²) in [5.74, 6) is -0.367. The highest BCUT2D eigenvalue weighted by atomic mass is 35.5. The summed E-state index contributed by atoms with van der Waals surface area (Å²) in [4.78, 5) is 13.1. The van der Waals surface area contributed by atoms with E-state index < -0.39 is 15.4 Å². The average molecular weight is 499 g/mol. The molecule has 1 heterocycles. The lowest BCUT2D eigenvalue weighted by atomic mass is 9.76. The van der Waals surface area contributed by atoms with Crippen molar-refractivity contribution in [1.82, 2.24) is 9.62 Å². The van der Waals surface area contributed by atoms with Crippen molar-refractivity contribution in [3.8, 4) is 0 Å². The Morgan fingerprint density at radius 1 is 0.971 bits per heavy atom. The predicted molar refractivity (Wildman–Crippen MR) is 133 cm³/mol.